The van der Waals surface area contributed by atoms with Gasteiger partial charge < -0.3 is 19.7 Å². The molecule has 2 aliphatic heterocycles. The van der Waals surface area contributed by atoms with Gasteiger partial charge >= 0.3 is 0 Å². The van der Waals surface area contributed by atoms with Crippen LogP contribution in [0.25, 0.3) is 0 Å². The number of amides is 1. The number of nitrogens with one attached hydrogen (secondary N) is 1. The van der Waals surface area contributed by atoms with E-state index in [0.29, 0.717) is 45.6 Å². The number of aromatic nitrogens is 3. The average molecular weight is 596 g/mol. The fourth-order valence-electron chi connectivity index (χ4n) is 5.17. The van der Waals surface area contributed by atoms with Crippen molar-refractivity contribution in [2.24, 2.45) is 0 Å². The van der Waals surface area contributed by atoms with Crippen LogP contribution in [0.2, 0.25) is 5.02 Å². The van der Waals surface area contributed by atoms with E-state index in [1.165, 1.54) is 11.8 Å². The van der Waals surface area contributed by atoms with Crippen LogP contribution in [-0.4, -0.2) is 57.7 Å². The summed E-state index contributed by atoms with van der Waals surface area (Å²) in [7, 11) is 0. The maximum atomic E-state index is 12.9. The molecule has 0 radical (unpaired) electrons. The van der Waals surface area contributed by atoms with Crippen molar-refractivity contribution in [3.8, 4) is 11.5 Å². The lowest BCUT2D eigenvalue weighted by molar-refractivity contribution is -0.134. The van der Waals surface area contributed by atoms with Gasteiger partial charge in [-0.25, -0.2) is 4.68 Å². The molecule has 1 atom stereocenters. The second kappa shape index (κ2) is 13.0. The lowest BCUT2D eigenvalue weighted by atomic mass is 9.93. The summed E-state index contributed by atoms with van der Waals surface area (Å²) in [6, 6.07) is 12.7. The number of piperidine rings is 1. The van der Waals surface area contributed by atoms with Gasteiger partial charge in [-0.2, -0.15) is 4.98 Å². The Morgan fingerprint density at radius 3 is 2.61 bits per heavy atom. The number of allylic oxidation sites excluding steroid dienone is 2. The minimum Gasteiger partial charge on any atom is -0.490 e. The number of nitrogens with zero attached hydrogens (tertiary/aromatic N) is 4. The van der Waals surface area contributed by atoms with Crippen LogP contribution in [0.4, 0.5) is 5.95 Å². The number of hydrogen-bond donors (Lipinski definition) is 1. The van der Waals surface area contributed by atoms with E-state index in [2.05, 4.69) is 5.32 Å². The average Bonchev–Trinajstić information content (AvgIpc) is 3.38. The van der Waals surface area contributed by atoms with Crippen LogP contribution in [0.15, 0.2) is 58.9 Å². The number of hydrogen-bond acceptors (Lipinski definition) is 8. The Hall–Kier alpha value is -3.50. The molecule has 0 bridgehead atoms. The van der Waals surface area contributed by atoms with Gasteiger partial charge in [-0.1, -0.05) is 47.6 Å². The van der Waals surface area contributed by atoms with Gasteiger partial charge in [0.05, 0.1) is 6.61 Å². The SMILES string of the molecule is CCOc1cc(C2C(C(C)=O)=C(C)Nc3nc(SCc4ccccc4Cl)nn32)ccc1OCC(=O)N1CCCCC1. The number of carbonyl (C=O) groups is 2. The predicted octanol–water partition coefficient (Wildman–Crippen LogP) is 5.89. The van der Waals surface area contributed by atoms with Crippen LogP contribution >= 0.6 is 23.4 Å². The first-order valence-corrected chi connectivity index (χ1v) is 15.2. The minimum atomic E-state index is -0.519. The number of ether oxygens (including phenoxy) is 2. The summed E-state index contributed by atoms with van der Waals surface area (Å²) in [6.07, 6.45) is 3.20. The number of halogens is 1. The van der Waals surface area contributed by atoms with Crippen LogP contribution in [0.3, 0.4) is 0 Å². The molecular weight excluding hydrogens is 562 g/mol. The van der Waals surface area contributed by atoms with Crippen molar-refractivity contribution < 1.29 is 19.1 Å². The Balaban J connectivity index is 1.42. The monoisotopic (exact) mass is 595 g/mol. The number of carbonyl (C=O) groups excluding carboxylic acids is 2. The largest absolute Gasteiger partial charge is 0.490 e. The van der Waals surface area contributed by atoms with Crippen LogP contribution in [0.5, 0.6) is 11.5 Å². The van der Waals surface area contributed by atoms with Crippen molar-refractivity contribution in [1.29, 1.82) is 0 Å². The zero-order chi connectivity index (χ0) is 28.9. The normalized spacial score (nSPS) is 16.7. The summed E-state index contributed by atoms with van der Waals surface area (Å²) in [6.45, 7) is 7.22. The molecule has 2 aromatic carbocycles. The van der Waals surface area contributed by atoms with Crippen molar-refractivity contribution >= 4 is 41.0 Å². The number of anilines is 1. The van der Waals surface area contributed by atoms with E-state index in [1.54, 1.807) is 17.7 Å². The first kappa shape index (κ1) is 29.0. The Bertz CT molecular complexity index is 1470. The number of thioether (sulfide) groups is 1. The standard InChI is InChI=1S/C30H34ClN5O4S/c1-4-39-25-16-21(12-13-24(25)40-17-26(38)35-14-8-5-9-15-35)28-27(20(3)37)19(2)32-29-33-30(34-36(28)29)41-18-22-10-6-7-11-23(22)31/h6-7,10-13,16,28H,4-5,8-9,14-15,17-18H2,1-3H3,(H,32,33,34). The number of fused-ring (bicyclic) bond motifs is 1. The smallest absolute Gasteiger partial charge is 0.260 e. The van der Waals surface area contributed by atoms with Gasteiger partial charge in [0.1, 0.15) is 6.04 Å². The Morgan fingerprint density at radius 2 is 1.88 bits per heavy atom. The van der Waals surface area contributed by atoms with E-state index in [9.17, 15) is 9.59 Å². The van der Waals surface area contributed by atoms with Gasteiger partial charge in [0, 0.05) is 35.1 Å². The Morgan fingerprint density at radius 1 is 1.10 bits per heavy atom. The second-order valence-corrected chi connectivity index (χ2v) is 11.4. The van der Waals surface area contributed by atoms with E-state index in [1.807, 2.05) is 55.1 Å². The zero-order valence-electron chi connectivity index (χ0n) is 23.5. The van der Waals surface area contributed by atoms with Crippen LogP contribution in [0.1, 0.15) is 57.2 Å². The molecule has 1 saturated heterocycles. The Kier molecular flexibility index (Phi) is 9.19. The second-order valence-electron chi connectivity index (χ2n) is 10.0. The number of likely N-dealkylation sites (tertiary alicyclic amines) is 1. The predicted molar refractivity (Wildman–Crippen MR) is 160 cm³/mol. The van der Waals surface area contributed by atoms with E-state index >= 15 is 0 Å². The summed E-state index contributed by atoms with van der Waals surface area (Å²) in [5.41, 5.74) is 3.09. The first-order valence-electron chi connectivity index (χ1n) is 13.8. The van der Waals surface area contributed by atoms with E-state index in [4.69, 9.17) is 31.2 Å². The summed E-state index contributed by atoms with van der Waals surface area (Å²) >= 11 is 7.81. The zero-order valence-corrected chi connectivity index (χ0v) is 25.1. The molecule has 1 amide bonds. The summed E-state index contributed by atoms with van der Waals surface area (Å²) in [5, 5.41) is 9.29. The maximum absolute atomic E-state index is 12.9. The van der Waals surface area contributed by atoms with Gasteiger partial charge in [0.15, 0.2) is 23.9 Å². The highest BCUT2D eigenvalue weighted by molar-refractivity contribution is 7.98. The lowest BCUT2D eigenvalue weighted by Crippen LogP contribution is -2.38. The third-order valence-corrected chi connectivity index (χ3v) is 8.43. The quantitative estimate of drug-likeness (QED) is 0.290. The lowest BCUT2D eigenvalue weighted by Gasteiger charge is -2.28. The summed E-state index contributed by atoms with van der Waals surface area (Å²) in [4.78, 5) is 32.1. The third kappa shape index (κ3) is 6.54. The number of rotatable bonds is 10. The van der Waals surface area contributed by atoms with Gasteiger partial charge in [-0.05, 0) is 69.4 Å². The van der Waals surface area contributed by atoms with Crippen molar-refractivity contribution in [2.75, 3.05) is 31.6 Å². The van der Waals surface area contributed by atoms with Crippen molar-refractivity contribution in [3.63, 3.8) is 0 Å². The third-order valence-electron chi connectivity index (χ3n) is 7.17. The van der Waals surface area contributed by atoms with E-state index in [-0.39, 0.29) is 18.3 Å². The highest BCUT2D eigenvalue weighted by atomic mass is 35.5. The molecule has 41 heavy (non-hydrogen) atoms. The molecule has 1 aromatic heterocycles. The molecule has 1 fully saturated rings. The summed E-state index contributed by atoms with van der Waals surface area (Å²) < 4.78 is 13.6. The molecule has 3 heterocycles. The molecule has 1 N–H and O–H groups in total. The first-order chi connectivity index (χ1) is 19.9. The van der Waals surface area contributed by atoms with Gasteiger partial charge in [0.25, 0.3) is 5.91 Å². The highest BCUT2D eigenvalue weighted by Crippen LogP contribution is 2.40. The maximum Gasteiger partial charge on any atom is 0.260 e. The molecule has 0 aliphatic carbocycles. The van der Waals surface area contributed by atoms with Crippen LogP contribution < -0.4 is 14.8 Å². The fraction of sp³-hybridized carbons (Fsp3) is 0.400. The van der Waals surface area contributed by atoms with Gasteiger partial charge in [-0.15, -0.1) is 5.10 Å². The molecular formula is C30H34ClN5O4S. The molecule has 0 saturated carbocycles. The number of benzene rings is 2. The van der Waals surface area contributed by atoms with Gasteiger partial charge in [0.2, 0.25) is 11.1 Å². The molecule has 0 spiro atoms. The van der Waals surface area contributed by atoms with Gasteiger partial charge in [-0.3, -0.25) is 9.59 Å². The minimum absolute atomic E-state index is 0.0268. The van der Waals surface area contributed by atoms with Crippen LogP contribution in [-0.2, 0) is 15.3 Å². The highest BCUT2D eigenvalue weighted by Gasteiger charge is 2.33. The molecule has 11 heteroatoms. The van der Waals surface area contributed by atoms with E-state index < -0.39 is 6.04 Å². The number of Topliss-reactive ketones (excluding diaryl/α,β-unsaturated/α-hetero) is 1. The van der Waals surface area contributed by atoms with Crippen molar-refractivity contribution in [2.45, 2.75) is 57.0 Å². The van der Waals surface area contributed by atoms with Crippen molar-refractivity contribution in [1.82, 2.24) is 19.7 Å². The molecule has 9 nitrogen and oxygen atoms in total. The molecule has 2 aliphatic rings. The molecule has 5 rings (SSSR count). The Labute approximate surface area is 249 Å². The number of ketones is 1. The van der Waals surface area contributed by atoms with Crippen molar-refractivity contribution in [3.05, 3.63) is 69.9 Å². The van der Waals surface area contributed by atoms with E-state index in [0.717, 1.165) is 49.2 Å². The fourth-order valence-corrected chi connectivity index (χ4v) is 6.29. The van der Waals surface area contributed by atoms with Crippen LogP contribution in [0, 0.1) is 0 Å². The topological polar surface area (TPSA) is 98.6 Å². The molecule has 3 aromatic rings. The summed E-state index contributed by atoms with van der Waals surface area (Å²) in [5.74, 6) is 2.04. The molecule has 1 unspecified atom stereocenters. The molecule has 216 valence electrons.